The summed E-state index contributed by atoms with van der Waals surface area (Å²) in [6, 6.07) is 21.1. The zero-order valence-electron chi connectivity index (χ0n) is 21.8. The molecule has 0 amide bonds. The van der Waals surface area contributed by atoms with E-state index in [1.165, 1.54) is 11.1 Å². The molecule has 1 unspecified atom stereocenters. The zero-order chi connectivity index (χ0) is 24.3. The van der Waals surface area contributed by atoms with Gasteiger partial charge in [-0.15, -0.1) is 6.58 Å². The van der Waals surface area contributed by atoms with Crippen LogP contribution in [0.3, 0.4) is 0 Å². The Kier molecular flexibility index (Phi) is 11.6. The van der Waals surface area contributed by atoms with Crippen molar-refractivity contribution in [2.75, 3.05) is 13.2 Å². The SMILES string of the molecule is C=CCOC(CCO[Si](C)(C)C(C)(C)C)Cc1ccccc1.CC(C)(C)c1ccccc1. The average Bonchev–Trinajstić information content (AvgIpc) is 2.72. The van der Waals surface area contributed by atoms with Crippen LogP contribution >= 0.6 is 0 Å². The molecule has 0 N–H and O–H groups in total. The van der Waals surface area contributed by atoms with Gasteiger partial charge in [0.1, 0.15) is 0 Å². The maximum absolute atomic E-state index is 6.28. The van der Waals surface area contributed by atoms with Crippen LogP contribution in [0.1, 0.15) is 59.1 Å². The lowest BCUT2D eigenvalue weighted by atomic mass is 9.87. The van der Waals surface area contributed by atoms with Gasteiger partial charge in [-0.3, -0.25) is 0 Å². The van der Waals surface area contributed by atoms with E-state index in [0.717, 1.165) is 19.4 Å². The topological polar surface area (TPSA) is 18.5 Å². The van der Waals surface area contributed by atoms with Crippen LogP contribution in [0.25, 0.3) is 0 Å². The van der Waals surface area contributed by atoms with Crippen molar-refractivity contribution >= 4 is 8.32 Å². The third-order valence-corrected chi connectivity index (χ3v) is 10.6. The normalized spacial score (nSPS) is 13.1. The maximum atomic E-state index is 6.28. The molecule has 178 valence electrons. The molecular weight excluding hydrogens is 408 g/mol. The minimum atomic E-state index is -1.67. The molecule has 0 saturated carbocycles. The summed E-state index contributed by atoms with van der Waals surface area (Å²) in [7, 11) is -1.67. The second-order valence-electron chi connectivity index (χ2n) is 10.9. The first-order valence-corrected chi connectivity index (χ1v) is 14.7. The molecule has 0 aliphatic rings. The maximum Gasteiger partial charge on any atom is 0.191 e. The number of rotatable bonds is 9. The second-order valence-corrected chi connectivity index (χ2v) is 15.8. The van der Waals surface area contributed by atoms with Gasteiger partial charge in [-0.25, -0.2) is 0 Å². The Labute approximate surface area is 199 Å². The highest BCUT2D eigenvalue weighted by Crippen LogP contribution is 2.36. The van der Waals surface area contributed by atoms with Gasteiger partial charge in [0.2, 0.25) is 0 Å². The van der Waals surface area contributed by atoms with Crippen molar-refractivity contribution in [3.8, 4) is 0 Å². The van der Waals surface area contributed by atoms with E-state index in [-0.39, 0.29) is 11.1 Å². The minimum Gasteiger partial charge on any atom is -0.417 e. The molecule has 0 bridgehead atoms. The van der Waals surface area contributed by atoms with E-state index in [1.807, 2.05) is 12.1 Å². The average molecular weight is 455 g/mol. The smallest absolute Gasteiger partial charge is 0.191 e. The molecule has 0 aliphatic heterocycles. The summed E-state index contributed by atoms with van der Waals surface area (Å²) in [5, 5.41) is 0.254. The number of hydrogen-bond donors (Lipinski definition) is 0. The van der Waals surface area contributed by atoms with Crippen molar-refractivity contribution in [2.24, 2.45) is 0 Å². The van der Waals surface area contributed by atoms with E-state index in [1.54, 1.807) is 0 Å². The minimum absolute atomic E-state index is 0.185. The van der Waals surface area contributed by atoms with E-state index in [4.69, 9.17) is 9.16 Å². The standard InChI is InChI=1S/C19H32O2Si.C10H14/c1-7-14-20-18(16-17-11-9-8-10-12-17)13-15-21-22(5,6)19(2,3)4;1-10(2,3)9-7-5-4-6-8-9/h7-12,18H,1,13-16H2,2-6H3;4-8H,1-3H3. The van der Waals surface area contributed by atoms with E-state index in [0.29, 0.717) is 12.0 Å². The molecule has 0 aromatic heterocycles. The molecule has 0 heterocycles. The van der Waals surface area contributed by atoms with Crippen molar-refractivity contribution in [2.45, 2.75) is 84.0 Å². The van der Waals surface area contributed by atoms with Crippen molar-refractivity contribution in [1.82, 2.24) is 0 Å². The Morgan fingerprint density at radius 3 is 1.84 bits per heavy atom. The van der Waals surface area contributed by atoms with Gasteiger partial charge in [0.15, 0.2) is 8.32 Å². The Balaban J connectivity index is 0.000000425. The van der Waals surface area contributed by atoms with Crippen LogP contribution in [-0.2, 0) is 21.0 Å². The van der Waals surface area contributed by atoms with Gasteiger partial charge < -0.3 is 9.16 Å². The van der Waals surface area contributed by atoms with E-state index in [2.05, 4.69) is 116 Å². The first-order valence-electron chi connectivity index (χ1n) is 11.8. The van der Waals surface area contributed by atoms with Crippen LogP contribution in [0.5, 0.6) is 0 Å². The largest absolute Gasteiger partial charge is 0.417 e. The first kappa shape index (κ1) is 28.3. The molecule has 2 aromatic rings. The Bertz CT molecular complexity index is 755. The van der Waals surface area contributed by atoms with Crippen molar-refractivity contribution in [3.05, 3.63) is 84.4 Å². The van der Waals surface area contributed by atoms with Crippen molar-refractivity contribution in [1.29, 1.82) is 0 Å². The summed E-state index contributed by atoms with van der Waals surface area (Å²) in [6.45, 7) is 23.2. The van der Waals surface area contributed by atoms with E-state index < -0.39 is 8.32 Å². The van der Waals surface area contributed by atoms with E-state index >= 15 is 0 Å². The molecule has 2 rings (SSSR count). The summed E-state index contributed by atoms with van der Waals surface area (Å²) >= 11 is 0. The Morgan fingerprint density at radius 1 is 0.875 bits per heavy atom. The van der Waals surface area contributed by atoms with Crippen LogP contribution in [-0.4, -0.2) is 27.6 Å². The summed E-state index contributed by atoms with van der Waals surface area (Å²) in [6.07, 6.45) is 3.85. The number of benzene rings is 2. The van der Waals surface area contributed by atoms with Gasteiger partial charge in [-0.05, 0) is 47.5 Å². The summed E-state index contributed by atoms with van der Waals surface area (Å²) < 4.78 is 12.2. The Morgan fingerprint density at radius 2 is 1.41 bits per heavy atom. The lowest BCUT2D eigenvalue weighted by Crippen LogP contribution is -2.41. The fourth-order valence-electron chi connectivity index (χ4n) is 2.93. The lowest BCUT2D eigenvalue weighted by molar-refractivity contribution is 0.0555. The first-order chi connectivity index (χ1) is 14.9. The van der Waals surface area contributed by atoms with Crippen LogP contribution in [0.4, 0.5) is 0 Å². The molecule has 0 spiro atoms. The quantitative estimate of drug-likeness (QED) is 0.281. The summed E-state index contributed by atoms with van der Waals surface area (Å²) in [5.74, 6) is 0. The Hall–Kier alpha value is -1.68. The third kappa shape index (κ3) is 10.8. The fraction of sp³-hybridized carbons (Fsp3) is 0.517. The second kappa shape index (κ2) is 13.1. The van der Waals surface area contributed by atoms with Gasteiger partial charge >= 0.3 is 0 Å². The van der Waals surface area contributed by atoms with Gasteiger partial charge in [-0.1, -0.05) is 108 Å². The van der Waals surface area contributed by atoms with Crippen LogP contribution in [0, 0.1) is 0 Å². The number of hydrogen-bond acceptors (Lipinski definition) is 2. The molecule has 32 heavy (non-hydrogen) atoms. The molecule has 0 aliphatic carbocycles. The van der Waals surface area contributed by atoms with Crippen LogP contribution in [0.2, 0.25) is 18.1 Å². The molecule has 0 saturated heterocycles. The van der Waals surface area contributed by atoms with Gasteiger partial charge in [-0.2, -0.15) is 0 Å². The van der Waals surface area contributed by atoms with Crippen molar-refractivity contribution in [3.63, 3.8) is 0 Å². The summed E-state index contributed by atoms with van der Waals surface area (Å²) in [4.78, 5) is 0. The molecule has 0 fully saturated rings. The van der Waals surface area contributed by atoms with Gasteiger partial charge in [0, 0.05) is 6.61 Å². The molecule has 0 radical (unpaired) electrons. The zero-order valence-corrected chi connectivity index (χ0v) is 22.8. The highest BCUT2D eigenvalue weighted by Gasteiger charge is 2.37. The third-order valence-electron chi connectivity index (χ3n) is 6.10. The fourth-order valence-corrected chi connectivity index (χ4v) is 3.99. The molecule has 2 nitrogen and oxygen atoms in total. The van der Waals surface area contributed by atoms with Crippen LogP contribution < -0.4 is 0 Å². The molecule has 2 aromatic carbocycles. The number of ether oxygens (including phenoxy) is 1. The predicted molar refractivity (Wildman–Crippen MR) is 143 cm³/mol. The molecular formula is C29H46O2Si. The van der Waals surface area contributed by atoms with Gasteiger partial charge in [0.25, 0.3) is 0 Å². The lowest BCUT2D eigenvalue weighted by Gasteiger charge is -2.36. The van der Waals surface area contributed by atoms with Gasteiger partial charge in [0.05, 0.1) is 12.7 Å². The highest BCUT2D eigenvalue weighted by atomic mass is 28.4. The summed E-state index contributed by atoms with van der Waals surface area (Å²) in [5.41, 5.74) is 3.00. The van der Waals surface area contributed by atoms with Crippen molar-refractivity contribution < 1.29 is 9.16 Å². The predicted octanol–water partition coefficient (Wildman–Crippen LogP) is 8.20. The highest BCUT2D eigenvalue weighted by molar-refractivity contribution is 6.74. The molecule has 3 heteroatoms. The van der Waals surface area contributed by atoms with E-state index in [9.17, 15) is 0 Å². The monoisotopic (exact) mass is 454 g/mol. The molecule has 1 atom stereocenters. The van der Waals surface area contributed by atoms with Crippen LogP contribution in [0.15, 0.2) is 73.3 Å².